The van der Waals surface area contributed by atoms with Gasteiger partial charge in [0.1, 0.15) is 55.9 Å². The van der Waals surface area contributed by atoms with Gasteiger partial charge in [-0.15, -0.1) is 0 Å². The first kappa shape index (κ1) is 39.7. The highest BCUT2D eigenvalue weighted by Gasteiger charge is 2.48. The predicted octanol–water partition coefficient (Wildman–Crippen LogP) is 11.6. The van der Waals surface area contributed by atoms with Crippen molar-refractivity contribution in [3.8, 4) is 28.7 Å². The Balaban J connectivity index is 1.28. The summed E-state index contributed by atoms with van der Waals surface area (Å²) >= 11 is 0. The first-order chi connectivity index (χ1) is 27.5. The fourth-order valence-electron chi connectivity index (χ4n) is 6.48. The lowest BCUT2D eigenvalue weighted by Crippen LogP contribution is -2.49. The van der Waals surface area contributed by atoms with Gasteiger partial charge in [0.25, 0.3) is 0 Å². The molecule has 7 nitrogen and oxygen atoms in total. The van der Waals surface area contributed by atoms with Gasteiger partial charge in [0, 0.05) is 12.1 Å². The van der Waals surface area contributed by atoms with Crippen molar-refractivity contribution < 1.29 is 33.2 Å². The molecule has 0 bridgehead atoms. The van der Waals surface area contributed by atoms with Crippen LogP contribution in [-0.4, -0.2) is 19.5 Å². The Morgan fingerprint density at radius 3 is 1.49 bits per heavy atom. The molecule has 6 aromatic rings. The Morgan fingerprint density at radius 2 is 1.00 bits per heavy atom. The van der Waals surface area contributed by atoms with E-state index >= 15 is 0 Å². The first-order valence-electron chi connectivity index (χ1n) is 19.6. The lowest BCUT2D eigenvalue weighted by molar-refractivity contribution is -0.0635. The molecule has 3 atom stereocenters. The minimum atomic E-state index is -2.48. The summed E-state index contributed by atoms with van der Waals surface area (Å²) in [6.07, 6.45) is -2.58. The zero-order chi connectivity index (χ0) is 39.8. The molecule has 6 aromatic carbocycles. The third-order valence-electron chi connectivity index (χ3n) is 10.7. The van der Waals surface area contributed by atoms with Crippen molar-refractivity contribution in [2.24, 2.45) is 0 Å². The van der Waals surface area contributed by atoms with Gasteiger partial charge in [0.2, 0.25) is 0 Å². The Morgan fingerprint density at radius 1 is 0.544 bits per heavy atom. The van der Waals surface area contributed by atoms with Gasteiger partial charge in [-0.05, 0) is 58.1 Å². The third-order valence-corrected chi connectivity index (χ3v) is 15.2. The molecule has 1 N–H and O–H groups in total. The number of hydrogen-bond acceptors (Lipinski definition) is 7. The standard InChI is InChI=1S/C49H52O7Si/c1-49(2,3)57(4,5)56-48-46(50)45-43(54-34-38-24-16-9-17-25-38)29-40(51-31-35-18-10-6-11-19-35)30-44(45)55-47(48)39-26-27-41(52-32-36-20-12-7-13-21-36)42(28-39)53-33-37-22-14-8-15-23-37/h6-30,46-48,50H,31-34H2,1-5H3/t46-,47?,48?/m1/s1. The van der Waals surface area contributed by atoms with Crippen LogP contribution in [0.15, 0.2) is 152 Å². The number of benzene rings is 6. The fraction of sp³-hybridized carbons (Fsp3) is 0.265. The normalized spacial score (nSPS) is 16.6. The van der Waals surface area contributed by atoms with Gasteiger partial charge in [-0.1, -0.05) is 148 Å². The third kappa shape index (κ3) is 9.89. The molecule has 0 saturated carbocycles. The van der Waals surface area contributed by atoms with Gasteiger partial charge in [0.15, 0.2) is 25.9 Å². The highest BCUT2D eigenvalue weighted by molar-refractivity contribution is 6.74. The SMILES string of the molecule is CC(C)(C)[Si](C)(C)OC1C(c2ccc(OCc3ccccc3)c(OCc3ccccc3)c2)Oc2cc(OCc3ccccc3)cc(OCc3ccccc3)c2[C@H]1O. The van der Waals surface area contributed by atoms with E-state index in [9.17, 15) is 5.11 Å². The average molecular weight is 781 g/mol. The number of aliphatic hydroxyl groups excluding tert-OH is 1. The molecule has 294 valence electrons. The van der Waals surface area contributed by atoms with E-state index in [0.717, 1.165) is 27.8 Å². The van der Waals surface area contributed by atoms with Crippen molar-refractivity contribution in [1.29, 1.82) is 0 Å². The van der Waals surface area contributed by atoms with E-state index in [2.05, 4.69) is 33.9 Å². The zero-order valence-corrected chi connectivity index (χ0v) is 34.4. The van der Waals surface area contributed by atoms with E-state index in [1.54, 1.807) is 0 Å². The van der Waals surface area contributed by atoms with Crippen LogP contribution in [0.2, 0.25) is 18.1 Å². The monoisotopic (exact) mass is 780 g/mol. The summed E-state index contributed by atoms with van der Waals surface area (Å²) in [5.41, 5.74) is 5.41. The Kier molecular flexibility index (Phi) is 12.3. The van der Waals surface area contributed by atoms with Crippen LogP contribution in [0.4, 0.5) is 0 Å². The van der Waals surface area contributed by atoms with Crippen LogP contribution in [0.5, 0.6) is 28.7 Å². The minimum Gasteiger partial charge on any atom is -0.489 e. The van der Waals surface area contributed by atoms with Crippen molar-refractivity contribution in [3.05, 3.63) is 185 Å². The van der Waals surface area contributed by atoms with Crippen molar-refractivity contribution >= 4 is 8.32 Å². The second-order valence-electron chi connectivity index (χ2n) is 16.0. The second kappa shape index (κ2) is 17.7. The molecule has 2 unspecified atom stereocenters. The molecule has 0 fully saturated rings. The predicted molar refractivity (Wildman–Crippen MR) is 226 cm³/mol. The Hall–Kier alpha value is -5.54. The summed E-state index contributed by atoms with van der Waals surface area (Å²) in [5.74, 6) is 2.67. The summed E-state index contributed by atoms with van der Waals surface area (Å²) in [7, 11) is -2.48. The van der Waals surface area contributed by atoms with Crippen LogP contribution in [0.1, 0.15) is 66.4 Å². The molecule has 0 saturated heterocycles. The topological polar surface area (TPSA) is 75.6 Å². The van der Waals surface area contributed by atoms with Crippen molar-refractivity contribution in [2.75, 3.05) is 0 Å². The molecule has 7 rings (SSSR count). The van der Waals surface area contributed by atoms with Crippen LogP contribution in [0.3, 0.4) is 0 Å². The van der Waals surface area contributed by atoms with Gasteiger partial charge < -0.3 is 33.2 Å². The average Bonchev–Trinajstić information content (AvgIpc) is 3.22. The zero-order valence-electron chi connectivity index (χ0n) is 33.4. The number of rotatable bonds is 15. The van der Waals surface area contributed by atoms with Gasteiger partial charge in [-0.2, -0.15) is 0 Å². The minimum absolute atomic E-state index is 0.140. The van der Waals surface area contributed by atoms with E-state index in [4.69, 9.17) is 28.1 Å². The maximum atomic E-state index is 12.6. The molecule has 1 aliphatic heterocycles. The summed E-state index contributed by atoms with van der Waals surface area (Å²) < 4.78 is 39.9. The second-order valence-corrected chi connectivity index (χ2v) is 20.7. The molecule has 0 aliphatic carbocycles. The van der Waals surface area contributed by atoms with Gasteiger partial charge in [-0.25, -0.2) is 0 Å². The fourth-order valence-corrected chi connectivity index (χ4v) is 7.77. The van der Waals surface area contributed by atoms with Crippen LogP contribution < -0.4 is 23.7 Å². The van der Waals surface area contributed by atoms with Crippen LogP contribution >= 0.6 is 0 Å². The Bertz CT molecular complexity index is 2190. The molecule has 8 heteroatoms. The van der Waals surface area contributed by atoms with Crippen molar-refractivity contribution in [3.63, 3.8) is 0 Å². The smallest absolute Gasteiger partial charge is 0.192 e. The largest absolute Gasteiger partial charge is 0.489 e. The molecular weight excluding hydrogens is 729 g/mol. The molecule has 0 amide bonds. The maximum absolute atomic E-state index is 12.6. The lowest BCUT2D eigenvalue weighted by Gasteiger charge is -2.45. The molecule has 1 aliphatic rings. The number of fused-ring (bicyclic) bond motifs is 1. The lowest BCUT2D eigenvalue weighted by atomic mass is 9.91. The highest BCUT2D eigenvalue weighted by Crippen LogP contribution is 2.51. The van der Waals surface area contributed by atoms with Gasteiger partial charge in [-0.3, -0.25) is 0 Å². The number of aliphatic hydroxyl groups is 1. The number of hydrogen-bond donors (Lipinski definition) is 1. The molecular formula is C49H52O7Si. The van der Waals surface area contributed by atoms with Crippen LogP contribution in [0, 0.1) is 0 Å². The Labute approximate surface area is 337 Å². The van der Waals surface area contributed by atoms with Crippen molar-refractivity contribution in [2.45, 2.75) is 83.6 Å². The maximum Gasteiger partial charge on any atom is 0.192 e. The van der Waals surface area contributed by atoms with E-state index in [1.807, 2.05) is 152 Å². The summed E-state index contributed by atoms with van der Waals surface area (Å²) in [4.78, 5) is 0. The van der Waals surface area contributed by atoms with Crippen molar-refractivity contribution in [1.82, 2.24) is 0 Å². The summed E-state index contributed by atoms with van der Waals surface area (Å²) in [6.45, 7) is 12.3. The molecule has 0 radical (unpaired) electrons. The van der Waals surface area contributed by atoms with E-state index in [1.165, 1.54) is 0 Å². The van der Waals surface area contributed by atoms with Crippen LogP contribution in [0.25, 0.3) is 0 Å². The molecule has 57 heavy (non-hydrogen) atoms. The summed E-state index contributed by atoms with van der Waals surface area (Å²) in [6, 6.07) is 49.6. The summed E-state index contributed by atoms with van der Waals surface area (Å²) in [5, 5.41) is 12.4. The van der Waals surface area contributed by atoms with E-state index in [0.29, 0.717) is 60.7 Å². The highest BCUT2D eigenvalue weighted by atomic mass is 28.4. The van der Waals surface area contributed by atoms with Gasteiger partial charge >= 0.3 is 0 Å². The molecule has 1 heterocycles. The quantitative estimate of drug-likeness (QED) is 0.104. The molecule has 0 spiro atoms. The molecule has 0 aromatic heterocycles. The van der Waals surface area contributed by atoms with Crippen LogP contribution in [-0.2, 0) is 30.9 Å². The van der Waals surface area contributed by atoms with Gasteiger partial charge in [0.05, 0.1) is 5.56 Å². The first-order valence-corrected chi connectivity index (χ1v) is 22.5. The number of ether oxygens (including phenoxy) is 5. The van der Waals surface area contributed by atoms with E-state index in [-0.39, 0.29) is 5.04 Å². The van der Waals surface area contributed by atoms with E-state index < -0.39 is 26.6 Å².